The van der Waals surface area contributed by atoms with E-state index in [-0.39, 0.29) is 12.6 Å². The first-order valence-electron chi connectivity index (χ1n) is 4.22. The predicted octanol–water partition coefficient (Wildman–Crippen LogP) is 1.09. The van der Waals surface area contributed by atoms with Gasteiger partial charge in [-0.15, -0.1) is 0 Å². The van der Waals surface area contributed by atoms with Crippen LogP contribution in [-0.2, 0) is 0 Å². The van der Waals surface area contributed by atoms with Crippen LogP contribution in [0, 0.1) is 0 Å². The molecule has 2 aromatic rings. The second-order valence-corrected chi connectivity index (χ2v) is 3.74. The van der Waals surface area contributed by atoms with E-state index < -0.39 is 0 Å². The van der Waals surface area contributed by atoms with Gasteiger partial charge in [0.05, 0.1) is 24.4 Å². The molecular formula is C9H10BrN3O. The van der Waals surface area contributed by atoms with Crippen LogP contribution in [0.4, 0.5) is 0 Å². The number of nitrogens with zero attached hydrogens (tertiary/aromatic N) is 2. The molecule has 2 aromatic heterocycles. The Morgan fingerprint density at radius 2 is 2.36 bits per heavy atom. The van der Waals surface area contributed by atoms with Gasteiger partial charge in [-0.1, -0.05) is 6.07 Å². The van der Waals surface area contributed by atoms with Crippen LogP contribution < -0.4 is 5.73 Å². The van der Waals surface area contributed by atoms with Gasteiger partial charge in [-0.3, -0.25) is 4.40 Å². The van der Waals surface area contributed by atoms with E-state index in [1.807, 2.05) is 22.6 Å². The summed E-state index contributed by atoms with van der Waals surface area (Å²) < 4.78 is 2.58. The van der Waals surface area contributed by atoms with Crippen molar-refractivity contribution in [2.75, 3.05) is 6.61 Å². The summed E-state index contributed by atoms with van der Waals surface area (Å²) in [5.41, 5.74) is 7.57. The van der Waals surface area contributed by atoms with Crippen LogP contribution in [-0.4, -0.2) is 21.1 Å². The smallest absolute Gasteiger partial charge is 0.181 e. The van der Waals surface area contributed by atoms with E-state index in [0.717, 1.165) is 11.2 Å². The Balaban J connectivity index is 2.69. The standard InChI is InChI=1S/C9H10BrN3O/c10-9-12-4-6-2-1-3-8(13(6)9)7(11)5-14/h1-4,7,14H,5,11H2. The third-order valence-corrected chi connectivity index (χ3v) is 2.67. The number of aliphatic hydroxyl groups excluding tert-OH is 1. The van der Waals surface area contributed by atoms with Crippen molar-refractivity contribution in [1.82, 2.24) is 9.38 Å². The first kappa shape index (κ1) is 9.64. The van der Waals surface area contributed by atoms with Gasteiger partial charge in [-0.25, -0.2) is 4.98 Å². The SMILES string of the molecule is NC(CO)c1cccc2cnc(Br)n12. The van der Waals surface area contributed by atoms with Crippen LogP contribution >= 0.6 is 15.9 Å². The maximum atomic E-state index is 9.00. The Morgan fingerprint density at radius 1 is 1.57 bits per heavy atom. The van der Waals surface area contributed by atoms with Gasteiger partial charge in [-0.05, 0) is 28.1 Å². The first-order valence-corrected chi connectivity index (χ1v) is 5.01. The number of pyridine rings is 1. The molecule has 0 radical (unpaired) electrons. The van der Waals surface area contributed by atoms with E-state index in [1.165, 1.54) is 0 Å². The number of fused-ring (bicyclic) bond motifs is 1. The monoisotopic (exact) mass is 255 g/mol. The van der Waals surface area contributed by atoms with E-state index in [0.29, 0.717) is 4.73 Å². The second kappa shape index (κ2) is 3.68. The molecule has 0 saturated heterocycles. The fourth-order valence-corrected chi connectivity index (χ4v) is 1.93. The van der Waals surface area contributed by atoms with Crippen LogP contribution in [0.1, 0.15) is 11.7 Å². The molecule has 2 rings (SSSR count). The molecule has 14 heavy (non-hydrogen) atoms. The van der Waals surface area contributed by atoms with E-state index in [1.54, 1.807) is 6.20 Å². The van der Waals surface area contributed by atoms with Crippen molar-refractivity contribution >= 4 is 21.4 Å². The topological polar surface area (TPSA) is 63.5 Å². The minimum absolute atomic E-state index is 0.0796. The highest BCUT2D eigenvalue weighted by Gasteiger charge is 2.10. The van der Waals surface area contributed by atoms with Gasteiger partial charge in [0.15, 0.2) is 4.73 Å². The lowest BCUT2D eigenvalue weighted by Crippen LogP contribution is -2.17. The molecule has 1 atom stereocenters. The lowest BCUT2D eigenvalue weighted by atomic mass is 10.2. The molecule has 1 unspecified atom stereocenters. The minimum atomic E-state index is -0.385. The summed E-state index contributed by atoms with van der Waals surface area (Å²) >= 11 is 3.33. The molecule has 5 heteroatoms. The van der Waals surface area contributed by atoms with Gasteiger partial charge in [0.25, 0.3) is 0 Å². The number of halogens is 1. The summed E-state index contributed by atoms with van der Waals surface area (Å²) in [6, 6.07) is 5.32. The molecule has 0 bridgehead atoms. The third kappa shape index (κ3) is 1.43. The van der Waals surface area contributed by atoms with Crippen LogP contribution in [0.15, 0.2) is 29.1 Å². The van der Waals surface area contributed by atoms with Gasteiger partial charge in [-0.2, -0.15) is 0 Å². The normalized spacial score (nSPS) is 13.4. The third-order valence-electron chi connectivity index (χ3n) is 2.11. The van der Waals surface area contributed by atoms with Crippen molar-refractivity contribution in [2.45, 2.75) is 6.04 Å². The van der Waals surface area contributed by atoms with Crippen molar-refractivity contribution in [1.29, 1.82) is 0 Å². The van der Waals surface area contributed by atoms with E-state index in [4.69, 9.17) is 10.8 Å². The molecule has 0 aliphatic carbocycles. The highest BCUT2D eigenvalue weighted by atomic mass is 79.9. The van der Waals surface area contributed by atoms with Gasteiger partial charge < -0.3 is 10.8 Å². The summed E-state index contributed by atoms with van der Waals surface area (Å²) in [5.74, 6) is 0. The van der Waals surface area contributed by atoms with Gasteiger partial charge in [0, 0.05) is 5.69 Å². The highest BCUT2D eigenvalue weighted by molar-refractivity contribution is 9.10. The lowest BCUT2D eigenvalue weighted by Gasteiger charge is -2.11. The summed E-state index contributed by atoms with van der Waals surface area (Å²) in [7, 11) is 0. The number of rotatable bonds is 2. The molecule has 0 aromatic carbocycles. The zero-order chi connectivity index (χ0) is 10.1. The minimum Gasteiger partial charge on any atom is -0.394 e. The molecule has 2 heterocycles. The molecular weight excluding hydrogens is 246 g/mol. The first-order chi connectivity index (χ1) is 6.74. The molecule has 0 fully saturated rings. The largest absolute Gasteiger partial charge is 0.394 e. The fourth-order valence-electron chi connectivity index (χ4n) is 1.42. The molecule has 0 aliphatic heterocycles. The number of hydrogen-bond donors (Lipinski definition) is 2. The van der Waals surface area contributed by atoms with Gasteiger partial charge >= 0.3 is 0 Å². The fraction of sp³-hybridized carbons (Fsp3) is 0.222. The number of nitrogens with two attached hydrogens (primary N) is 1. The van der Waals surface area contributed by atoms with E-state index >= 15 is 0 Å². The summed E-state index contributed by atoms with van der Waals surface area (Å²) in [4.78, 5) is 4.12. The van der Waals surface area contributed by atoms with Crippen molar-refractivity contribution < 1.29 is 5.11 Å². The maximum absolute atomic E-state index is 9.00. The number of aromatic nitrogens is 2. The summed E-state index contributed by atoms with van der Waals surface area (Å²) in [6.45, 7) is -0.0796. The maximum Gasteiger partial charge on any atom is 0.181 e. The van der Waals surface area contributed by atoms with Gasteiger partial charge in [0.1, 0.15) is 0 Å². The quantitative estimate of drug-likeness (QED) is 0.845. The van der Waals surface area contributed by atoms with Gasteiger partial charge in [0.2, 0.25) is 0 Å². The van der Waals surface area contributed by atoms with Crippen molar-refractivity contribution in [3.63, 3.8) is 0 Å². The van der Waals surface area contributed by atoms with Crippen molar-refractivity contribution in [3.05, 3.63) is 34.8 Å². The van der Waals surface area contributed by atoms with Crippen LogP contribution in [0.25, 0.3) is 5.52 Å². The summed E-state index contributed by atoms with van der Waals surface area (Å²) in [6.07, 6.45) is 1.75. The van der Waals surface area contributed by atoms with Crippen molar-refractivity contribution in [2.24, 2.45) is 5.73 Å². The Hall–Kier alpha value is -0.910. The Labute approximate surface area is 89.5 Å². The Bertz CT molecular complexity index is 454. The predicted molar refractivity (Wildman–Crippen MR) is 56.9 cm³/mol. The average Bonchev–Trinajstić information content (AvgIpc) is 2.59. The Morgan fingerprint density at radius 3 is 3.07 bits per heavy atom. The Kier molecular flexibility index (Phi) is 2.54. The van der Waals surface area contributed by atoms with Crippen LogP contribution in [0.2, 0.25) is 0 Å². The molecule has 3 N–H and O–H groups in total. The number of hydrogen-bond acceptors (Lipinski definition) is 3. The van der Waals surface area contributed by atoms with E-state index in [2.05, 4.69) is 20.9 Å². The molecule has 4 nitrogen and oxygen atoms in total. The molecule has 0 amide bonds. The average molecular weight is 256 g/mol. The second-order valence-electron chi connectivity index (χ2n) is 3.03. The molecule has 0 aliphatic rings. The number of aliphatic hydroxyl groups is 1. The zero-order valence-electron chi connectivity index (χ0n) is 7.39. The molecule has 0 saturated carbocycles. The highest BCUT2D eigenvalue weighted by Crippen LogP contribution is 2.18. The lowest BCUT2D eigenvalue weighted by molar-refractivity contribution is 0.265. The summed E-state index contributed by atoms with van der Waals surface area (Å²) in [5, 5.41) is 9.00. The van der Waals surface area contributed by atoms with Crippen LogP contribution in [0.5, 0.6) is 0 Å². The van der Waals surface area contributed by atoms with E-state index in [9.17, 15) is 0 Å². The van der Waals surface area contributed by atoms with Crippen molar-refractivity contribution in [3.8, 4) is 0 Å². The number of imidazole rings is 1. The molecule has 74 valence electrons. The van der Waals surface area contributed by atoms with Crippen LogP contribution in [0.3, 0.4) is 0 Å². The zero-order valence-corrected chi connectivity index (χ0v) is 8.98. The molecule has 0 spiro atoms.